The predicted octanol–water partition coefficient (Wildman–Crippen LogP) is 3.31. The number of carbonyl (C=O) groups excluding carboxylic acids is 1. The second kappa shape index (κ2) is 7.82. The van der Waals surface area contributed by atoms with E-state index in [4.69, 9.17) is 4.74 Å². The molecule has 1 atom stereocenters. The zero-order valence-electron chi connectivity index (χ0n) is 12.4. The first-order chi connectivity index (χ1) is 9.04. The highest BCUT2D eigenvalue weighted by molar-refractivity contribution is 5.81. The number of nitrogens with one attached hydrogen (secondary N) is 1. The molecule has 1 aromatic carbocycles. The smallest absolute Gasteiger partial charge is 0.261 e. The number of aryl methyl sites for hydroxylation is 1. The molecule has 106 valence electrons. The molecule has 0 saturated carbocycles. The van der Waals surface area contributed by atoms with E-state index in [1.165, 1.54) is 0 Å². The molecule has 0 saturated heterocycles. The van der Waals surface area contributed by atoms with E-state index in [1.54, 1.807) is 0 Å². The highest BCUT2D eigenvalue weighted by atomic mass is 16.5. The Bertz CT molecular complexity index is 401. The van der Waals surface area contributed by atoms with Crippen molar-refractivity contribution in [2.45, 2.75) is 46.6 Å². The van der Waals surface area contributed by atoms with Crippen molar-refractivity contribution < 1.29 is 9.53 Å². The number of rotatable bonds is 7. The molecule has 0 bridgehead atoms. The van der Waals surface area contributed by atoms with Crippen LogP contribution in [-0.4, -0.2) is 18.6 Å². The summed E-state index contributed by atoms with van der Waals surface area (Å²) >= 11 is 0. The Hall–Kier alpha value is -1.51. The summed E-state index contributed by atoms with van der Waals surface area (Å²) in [5, 5.41) is 2.94. The van der Waals surface area contributed by atoms with Crippen molar-refractivity contribution in [1.82, 2.24) is 5.32 Å². The van der Waals surface area contributed by atoms with Gasteiger partial charge in [0.25, 0.3) is 5.91 Å². The van der Waals surface area contributed by atoms with Crippen molar-refractivity contribution in [3.05, 3.63) is 29.8 Å². The molecule has 0 spiro atoms. The number of amides is 1. The predicted molar refractivity (Wildman–Crippen MR) is 78.4 cm³/mol. The first kappa shape index (κ1) is 15.5. The van der Waals surface area contributed by atoms with E-state index in [0.717, 1.165) is 17.7 Å². The topological polar surface area (TPSA) is 38.3 Å². The van der Waals surface area contributed by atoms with Crippen LogP contribution >= 0.6 is 0 Å². The maximum atomic E-state index is 12.0. The maximum Gasteiger partial charge on any atom is 0.261 e. The number of benzene rings is 1. The molecule has 19 heavy (non-hydrogen) atoms. The van der Waals surface area contributed by atoms with E-state index in [-0.39, 0.29) is 5.91 Å². The van der Waals surface area contributed by atoms with Crippen molar-refractivity contribution in [2.75, 3.05) is 6.54 Å². The third-order valence-corrected chi connectivity index (χ3v) is 3.05. The molecule has 1 N–H and O–H groups in total. The monoisotopic (exact) mass is 263 g/mol. The van der Waals surface area contributed by atoms with Gasteiger partial charge in [0.2, 0.25) is 0 Å². The van der Waals surface area contributed by atoms with Gasteiger partial charge in [-0.05, 0) is 37.3 Å². The zero-order chi connectivity index (χ0) is 14.3. The van der Waals surface area contributed by atoms with Gasteiger partial charge in [0.1, 0.15) is 5.75 Å². The minimum atomic E-state index is -0.409. The van der Waals surface area contributed by atoms with Crippen LogP contribution in [0.4, 0.5) is 0 Å². The summed E-state index contributed by atoms with van der Waals surface area (Å²) in [4.78, 5) is 12.0. The van der Waals surface area contributed by atoms with Gasteiger partial charge in [-0.3, -0.25) is 4.79 Å². The summed E-state index contributed by atoms with van der Waals surface area (Å²) in [5.74, 6) is 1.36. The van der Waals surface area contributed by atoms with E-state index < -0.39 is 6.10 Å². The SMILES string of the molecule is CC[C@@H](Oc1ccccc1C)C(=O)NCCC(C)C. The Balaban J connectivity index is 2.53. The highest BCUT2D eigenvalue weighted by Gasteiger charge is 2.18. The number of hydrogen-bond acceptors (Lipinski definition) is 2. The molecule has 1 amide bonds. The van der Waals surface area contributed by atoms with Gasteiger partial charge in [-0.15, -0.1) is 0 Å². The molecule has 3 heteroatoms. The largest absolute Gasteiger partial charge is 0.480 e. The fourth-order valence-electron chi connectivity index (χ4n) is 1.76. The van der Waals surface area contributed by atoms with Gasteiger partial charge in [0, 0.05) is 6.54 Å². The fourth-order valence-corrected chi connectivity index (χ4v) is 1.76. The van der Waals surface area contributed by atoms with Crippen molar-refractivity contribution in [3.63, 3.8) is 0 Å². The Labute approximate surface area is 116 Å². The molecule has 0 unspecified atom stereocenters. The van der Waals surface area contributed by atoms with Gasteiger partial charge < -0.3 is 10.1 Å². The average molecular weight is 263 g/mol. The van der Waals surface area contributed by atoms with E-state index >= 15 is 0 Å². The molecule has 0 fully saturated rings. The van der Waals surface area contributed by atoms with Crippen molar-refractivity contribution in [2.24, 2.45) is 5.92 Å². The van der Waals surface area contributed by atoms with Gasteiger partial charge in [-0.1, -0.05) is 39.0 Å². The van der Waals surface area contributed by atoms with E-state index in [9.17, 15) is 4.79 Å². The van der Waals surface area contributed by atoms with Crippen LogP contribution in [0.1, 0.15) is 39.2 Å². The van der Waals surface area contributed by atoms with Crippen LogP contribution in [0.3, 0.4) is 0 Å². The Morgan fingerprint density at radius 2 is 2.00 bits per heavy atom. The highest BCUT2D eigenvalue weighted by Crippen LogP contribution is 2.18. The number of carbonyl (C=O) groups is 1. The Morgan fingerprint density at radius 3 is 2.58 bits per heavy atom. The lowest BCUT2D eigenvalue weighted by Gasteiger charge is -2.18. The molecular formula is C16H25NO2. The van der Waals surface area contributed by atoms with Gasteiger partial charge in [-0.2, -0.15) is 0 Å². The normalized spacial score (nSPS) is 12.3. The average Bonchev–Trinajstić information content (AvgIpc) is 2.37. The van der Waals surface area contributed by atoms with Crippen molar-refractivity contribution in [3.8, 4) is 5.75 Å². The number of hydrogen-bond donors (Lipinski definition) is 1. The lowest BCUT2D eigenvalue weighted by atomic mass is 10.1. The van der Waals surface area contributed by atoms with Crippen LogP contribution in [0, 0.1) is 12.8 Å². The second-order valence-electron chi connectivity index (χ2n) is 5.25. The molecule has 0 aliphatic carbocycles. The third kappa shape index (κ3) is 5.33. The Kier molecular flexibility index (Phi) is 6.40. The van der Waals surface area contributed by atoms with Crippen molar-refractivity contribution >= 4 is 5.91 Å². The standard InChI is InChI=1S/C16H25NO2/c1-5-14(16(18)17-11-10-12(2)3)19-15-9-7-6-8-13(15)4/h6-9,12,14H,5,10-11H2,1-4H3,(H,17,18)/t14-/m1/s1. The Morgan fingerprint density at radius 1 is 1.32 bits per heavy atom. The molecule has 0 heterocycles. The van der Waals surface area contributed by atoms with E-state index in [1.807, 2.05) is 38.1 Å². The van der Waals surface area contributed by atoms with Crippen LogP contribution in [-0.2, 0) is 4.79 Å². The minimum absolute atomic E-state index is 0.0218. The number of para-hydroxylation sites is 1. The van der Waals surface area contributed by atoms with Crippen LogP contribution < -0.4 is 10.1 Å². The quantitative estimate of drug-likeness (QED) is 0.819. The van der Waals surface area contributed by atoms with Gasteiger partial charge in [0.05, 0.1) is 0 Å². The molecule has 0 aliphatic rings. The van der Waals surface area contributed by atoms with Gasteiger partial charge >= 0.3 is 0 Å². The van der Waals surface area contributed by atoms with Crippen LogP contribution in [0.5, 0.6) is 5.75 Å². The molecule has 0 aliphatic heterocycles. The molecule has 1 rings (SSSR count). The van der Waals surface area contributed by atoms with E-state index in [0.29, 0.717) is 18.9 Å². The summed E-state index contributed by atoms with van der Waals surface area (Å²) in [5.41, 5.74) is 1.05. The summed E-state index contributed by atoms with van der Waals surface area (Å²) < 4.78 is 5.80. The summed E-state index contributed by atoms with van der Waals surface area (Å²) in [6, 6.07) is 7.77. The lowest BCUT2D eigenvalue weighted by Crippen LogP contribution is -2.38. The first-order valence-corrected chi connectivity index (χ1v) is 7.04. The molecular weight excluding hydrogens is 238 g/mol. The summed E-state index contributed by atoms with van der Waals surface area (Å²) in [7, 11) is 0. The van der Waals surface area contributed by atoms with Crippen LogP contribution in [0.2, 0.25) is 0 Å². The van der Waals surface area contributed by atoms with Gasteiger partial charge in [0.15, 0.2) is 6.10 Å². The lowest BCUT2D eigenvalue weighted by molar-refractivity contribution is -0.128. The molecule has 1 aromatic rings. The fraction of sp³-hybridized carbons (Fsp3) is 0.562. The third-order valence-electron chi connectivity index (χ3n) is 3.05. The summed E-state index contributed by atoms with van der Waals surface area (Å²) in [6.45, 7) is 8.95. The summed E-state index contributed by atoms with van der Waals surface area (Å²) in [6.07, 6.45) is 1.25. The second-order valence-corrected chi connectivity index (χ2v) is 5.25. The van der Waals surface area contributed by atoms with Crippen LogP contribution in [0.15, 0.2) is 24.3 Å². The molecule has 0 radical (unpaired) electrons. The zero-order valence-corrected chi connectivity index (χ0v) is 12.4. The van der Waals surface area contributed by atoms with E-state index in [2.05, 4.69) is 19.2 Å². The van der Waals surface area contributed by atoms with Crippen molar-refractivity contribution in [1.29, 1.82) is 0 Å². The number of ether oxygens (including phenoxy) is 1. The molecule has 0 aromatic heterocycles. The van der Waals surface area contributed by atoms with Gasteiger partial charge in [-0.25, -0.2) is 0 Å². The van der Waals surface area contributed by atoms with Crippen LogP contribution in [0.25, 0.3) is 0 Å². The minimum Gasteiger partial charge on any atom is -0.480 e. The maximum absolute atomic E-state index is 12.0. The first-order valence-electron chi connectivity index (χ1n) is 7.04. The molecule has 3 nitrogen and oxygen atoms in total.